The molecule has 3 nitrogen and oxygen atoms in total. The lowest BCUT2D eigenvalue weighted by Crippen LogP contribution is -2.37. The summed E-state index contributed by atoms with van der Waals surface area (Å²) in [5.41, 5.74) is 3.75. The first kappa shape index (κ1) is 21.4. The summed E-state index contributed by atoms with van der Waals surface area (Å²) < 4.78 is 0. The van der Waals surface area contributed by atoms with E-state index in [2.05, 4.69) is 41.7 Å². The fraction of sp³-hybridized carbons (Fsp3) is 0.138. The second-order valence-electron chi connectivity index (χ2n) is 7.95. The predicted octanol–water partition coefficient (Wildman–Crippen LogP) is 5.48. The third-order valence-electron chi connectivity index (χ3n) is 5.90. The molecule has 0 spiro atoms. The fourth-order valence-electron chi connectivity index (χ4n) is 4.29. The van der Waals surface area contributed by atoms with Crippen LogP contribution in [-0.4, -0.2) is 17.6 Å². The molecule has 0 aromatic heterocycles. The lowest BCUT2D eigenvalue weighted by Gasteiger charge is -2.35. The number of amides is 1. The normalized spacial score (nSPS) is 11.1. The maximum atomic E-state index is 13.3. The standard InChI is InChI=1S/C29H27NO2/c31-27-18-16-23(17-19-27)20-21-30-28(32)22-29(24-10-4-1-5-11-24,25-12-6-2-7-13-25)26-14-8-3-9-15-26/h1-19,31H,20-22H2,(H,30,32). The molecule has 0 atom stereocenters. The van der Waals surface area contributed by atoms with Gasteiger partial charge in [-0.25, -0.2) is 0 Å². The van der Waals surface area contributed by atoms with Gasteiger partial charge >= 0.3 is 0 Å². The van der Waals surface area contributed by atoms with Gasteiger partial charge in [0, 0.05) is 13.0 Å². The number of carbonyl (C=O) groups excluding carboxylic acids is 1. The van der Waals surface area contributed by atoms with Crippen LogP contribution in [0, 0.1) is 0 Å². The van der Waals surface area contributed by atoms with E-state index in [0.717, 1.165) is 22.3 Å². The van der Waals surface area contributed by atoms with E-state index in [0.29, 0.717) is 19.4 Å². The van der Waals surface area contributed by atoms with Crippen molar-refractivity contribution in [2.45, 2.75) is 18.3 Å². The third kappa shape index (κ3) is 4.73. The summed E-state index contributed by atoms with van der Waals surface area (Å²) in [4.78, 5) is 13.3. The average molecular weight is 422 g/mol. The van der Waals surface area contributed by atoms with E-state index in [1.54, 1.807) is 12.1 Å². The van der Waals surface area contributed by atoms with Gasteiger partial charge in [-0.1, -0.05) is 103 Å². The number of carbonyl (C=O) groups is 1. The second kappa shape index (κ2) is 9.97. The van der Waals surface area contributed by atoms with Gasteiger partial charge in [-0.3, -0.25) is 4.79 Å². The highest BCUT2D eigenvalue weighted by molar-refractivity contribution is 5.80. The zero-order chi connectivity index (χ0) is 22.2. The van der Waals surface area contributed by atoms with Crippen molar-refractivity contribution < 1.29 is 9.90 Å². The summed E-state index contributed by atoms with van der Waals surface area (Å²) in [6.07, 6.45) is 1.02. The Morgan fingerprint density at radius 1 is 0.656 bits per heavy atom. The average Bonchev–Trinajstić information content (AvgIpc) is 2.85. The molecule has 2 N–H and O–H groups in total. The molecule has 160 valence electrons. The summed E-state index contributed by atoms with van der Waals surface area (Å²) in [6, 6.07) is 37.9. The number of rotatable bonds is 8. The van der Waals surface area contributed by atoms with Gasteiger partial charge in [0.2, 0.25) is 5.91 Å². The van der Waals surface area contributed by atoms with E-state index < -0.39 is 5.41 Å². The molecule has 0 heterocycles. The van der Waals surface area contributed by atoms with Crippen LogP contribution >= 0.6 is 0 Å². The van der Waals surface area contributed by atoms with Crippen LogP contribution < -0.4 is 5.32 Å². The van der Waals surface area contributed by atoms with E-state index in [4.69, 9.17) is 0 Å². The van der Waals surface area contributed by atoms with Crippen LogP contribution in [0.2, 0.25) is 0 Å². The first-order valence-corrected chi connectivity index (χ1v) is 10.9. The molecule has 32 heavy (non-hydrogen) atoms. The van der Waals surface area contributed by atoms with Gasteiger partial charge < -0.3 is 10.4 Å². The molecule has 0 aliphatic carbocycles. The van der Waals surface area contributed by atoms with Crippen LogP contribution in [0.25, 0.3) is 0 Å². The molecule has 4 aromatic rings. The van der Waals surface area contributed by atoms with Gasteiger partial charge in [-0.2, -0.15) is 0 Å². The zero-order valence-electron chi connectivity index (χ0n) is 17.9. The Morgan fingerprint density at radius 2 is 1.09 bits per heavy atom. The van der Waals surface area contributed by atoms with Crippen LogP contribution in [0.15, 0.2) is 115 Å². The highest BCUT2D eigenvalue weighted by atomic mass is 16.3. The van der Waals surface area contributed by atoms with Crippen molar-refractivity contribution in [1.29, 1.82) is 0 Å². The first-order chi connectivity index (χ1) is 15.7. The summed E-state index contributed by atoms with van der Waals surface area (Å²) in [6.45, 7) is 0.540. The number of hydrogen-bond acceptors (Lipinski definition) is 2. The predicted molar refractivity (Wildman–Crippen MR) is 129 cm³/mol. The molecular formula is C29H27NO2. The van der Waals surface area contributed by atoms with Crippen molar-refractivity contribution in [2.24, 2.45) is 0 Å². The number of aromatic hydroxyl groups is 1. The van der Waals surface area contributed by atoms with Crippen LogP contribution in [0.4, 0.5) is 0 Å². The Hall–Kier alpha value is -3.85. The van der Waals surface area contributed by atoms with Gasteiger partial charge in [0.05, 0.1) is 5.41 Å². The molecule has 0 unspecified atom stereocenters. The molecule has 3 heteroatoms. The lowest BCUT2D eigenvalue weighted by molar-refractivity contribution is -0.121. The first-order valence-electron chi connectivity index (χ1n) is 10.9. The molecule has 0 fully saturated rings. The SMILES string of the molecule is O=C(CC(c1ccccc1)(c1ccccc1)c1ccccc1)NCCc1ccc(O)cc1. The highest BCUT2D eigenvalue weighted by Crippen LogP contribution is 2.42. The lowest BCUT2D eigenvalue weighted by atomic mass is 9.67. The van der Waals surface area contributed by atoms with Crippen molar-refractivity contribution in [1.82, 2.24) is 5.32 Å². The third-order valence-corrected chi connectivity index (χ3v) is 5.90. The summed E-state index contributed by atoms with van der Waals surface area (Å²) in [5, 5.41) is 12.6. The van der Waals surface area contributed by atoms with Gasteiger partial charge in [0.1, 0.15) is 5.75 Å². The minimum Gasteiger partial charge on any atom is -0.508 e. The number of phenolic OH excluding ortho intramolecular Hbond substituents is 1. The monoisotopic (exact) mass is 421 g/mol. The van der Waals surface area contributed by atoms with Crippen molar-refractivity contribution >= 4 is 5.91 Å². The van der Waals surface area contributed by atoms with Gasteiger partial charge in [-0.15, -0.1) is 0 Å². The van der Waals surface area contributed by atoms with Gasteiger partial charge in [-0.05, 0) is 40.8 Å². The summed E-state index contributed by atoms with van der Waals surface area (Å²) >= 11 is 0. The number of hydrogen-bond donors (Lipinski definition) is 2. The van der Waals surface area contributed by atoms with E-state index >= 15 is 0 Å². The van der Waals surface area contributed by atoms with Crippen molar-refractivity contribution in [3.8, 4) is 5.75 Å². The number of nitrogens with one attached hydrogen (secondary N) is 1. The number of phenols is 1. The summed E-state index contributed by atoms with van der Waals surface area (Å²) in [7, 11) is 0. The largest absolute Gasteiger partial charge is 0.508 e. The Morgan fingerprint density at radius 3 is 1.53 bits per heavy atom. The van der Waals surface area contributed by atoms with E-state index in [1.165, 1.54) is 0 Å². The maximum absolute atomic E-state index is 13.3. The van der Waals surface area contributed by atoms with Crippen LogP contribution in [0.1, 0.15) is 28.7 Å². The molecular weight excluding hydrogens is 394 g/mol. The number of benzene rings is 4. The molecule has 1 amide bonds. The summed E-state index contributed by atoms with van der Waals surface area (Å²) in [5.74, 6) is 0.247. The maximum Gasteiger partial charge on any atom is 0.221 e. The van der Waals surface area contributed by atoms with E-state index in [1.807, 2.05) is 66.7 Å². The Kier molecular flexibility index (Phi) is 6.66. The molecule has 4 rings (SSSR count). The van der Waals surface area contributed by atoms with E-state index in [9.17, 15) is 9.90 Å². The molecule has 0 aliphatic heterocycles. The minimum atomic E-state index is -0.591. The van der Waals surface area contributed by atoms with Crippen molar-refractivity contribution in [3.63, 3.8) is 0 Å². The van der Waals surface area contributed by atoms with Crippen LogP contribution in [-0.2, 0) is 16.6 Å². The van der Waals surface area contributed by atoms with Gasteiger partial charge in [0.25, 0.3) is 0 Å². The fourth-order valence-corrected chi connectivity index (χ4v) is 4.29. The molecule has 0 radical (unpaired) electrons. The molecule has 4 aromatic carbocycles. The van der Waals surface area contributed by atoms with Crippen molar-refractivity contribution in [2.75, 3.05) is 6.54 Å². The Bertz CT molecular complexity index is 1030. The smallest absolute Gasteiger partial charge is 0.221 e. The Labute approximate surface area is 189 Å². The molecule has 0 saturated heterocycles. The van der Waals surface area contributed by atoms with E-state index in [-0.39, 0.29) is 11.7 Å². The van der Waals surface area contributed by atoms with Crippen LogP contribution in [0.3, 0.4) is 0 Å². The van der Waals surface area contributed by atoms with Crippen LogP contribution in [0.5, 0.6) is 5.75 Å². The quantitative estimate of drug-likeness (QED) is 0.370. The molecule has 0 aliphatic rings. The topological polar surface area (TPSA) is 49.3 Å². The molecule has 0 bridgehead atoms. The zero-order valence-corrected chi connectivity index (χ0v) is 17.9. The highest BCUT2D eigenvalue weighted by Gasteiger charge is 2.38. The van der Waals surface area contributed by atoms with Gasteiger partial charge in [0.15, 0.2) is 0 Å². The Balaban J connectivity index is 1.64. The van der Waals surface area contributed by atoms with Crippen molar-refractivity contribution in [3.05, 3.63) is 138 Å². The second-order valence-corrected chi connectivity index (χ2v) is 7.95. The minimum absolute atomic E-state index is 0.000313. The molecule has 0 saturated carbocycles.